The first-order chi connectivity index (χ1) is 9.54. The van der Waals surface area contributed by atoms with Crippen LogP contribution < -0.4 is 10.1 Å². The lowest BCUT2D eigenvalue weighted by molar-refractivity contribution is -0.274. The summed E-state index contributed by atoms with van der Waals surface area (Å²) in [5.74, 6) is -0.199. The zero-order valence-corrected chi connectivity index (χ0v) is 10.4. The van der Waals surface area contributed by atoms with E-state index in [0.29, 0.717) is 12.1 Å². The van der Waals surface area contributed by atoms with Crippen molar-refractivity contribution in [3.8, 4) is 5.75 Å². The first-order valence-corrected chi connectivity index (χ1v) is 5.84. The highest BCUT2D eigenvalue weighted by molar-refractivity contribution is 5.33. The summed E-state index contributed by atoms with van der Waals surface area (Å²) in [6.07, 6.45) is -1.68. The number of halogens is 3. The zero-order valence-electron chi connectivity index (χ0n) is 10.4. The van der Waals surface area contributed by atoms with Crippen molar-refractivity contribution in [2.45, 2.75) is 19.5 Å². The van der Waals surface area contributed by atoms with Crippen molar-refractivity contribution in [1.82, 2.24) is 15.3 Å². The van der Waals surface area contributed by atoms with Crippen molar-refractivity contribution in [2.24, 2.45) is 0 Å². The van der Waals surface area contributed by atoms with Gasteiger partial charge in [0.2, 0.25) is 0 Å². The number of ether oxygens (including phenoxy) is 1. The summed E-state index contributed by atoms with van der Waals surface area (Å²) in [4.78, 5) is 7.79. The van der Waals surface area contributed by atoms with Gasteiger partial charge in [-0.2, -0.15) is 0 Å². The predicted molar refractivity (Wildman–Crippen MR) is 65.7 cm³/mol. The molecule has 0 aliphatic carbocycles. The van der Waals surface area contributed by atoms with E-state index in [0.717, 1.165) is 5.69 Å². The fourth-order valence-corrected chi connectivity index (χ4v) is 1.62. The largest absolute Gasteiger partial charge is 0.573 e. The summed E-state index contributed by atoms with van der Waals surface area (Å²) in [6.45, 7) is 0.680. The predicted octanol–water partition coefficient (Wildman–Crippen LogP) is 2.67. The Kier molecular flexibility index (Phi) is 4.52. The molecule has 4 nitrogen and oxygen atoms in total. The number of benzene rings is 1. The molecule has 20 heavy (non-hydrogen) atoms. The van der Waals surface area contributed by atoms with Gasteiger partial charge in [-0.15, -0.1) is 13.2 Å². The van der Waals surface area contributed by atoms with Crippen LogP contribution in [0.1, 0.15) is 11.3 Å². The molecule has 0 atom stereocenters. The van der Waals surface area contributed by atoms with Crippen LogP contribution in [0.25, 0.3) is 0 Å². The first kappa shape index (κ1) is 14.3. The van der Waals surface area contributed by atoms with Crippen LogP contribution in [0.4, 0.5) is 13.2 Å². The van der Waals surface area contributed by atoms with Gasteiger partial charge < -0.3 is 10.1 Å². The fourth-order valence-electron chi connectivity index (χ4n) is 1.62. The number of aromatic nitrogens is 2. The average Bonchev–Trinajstić information content (AvgIpc) is 2.40. The van der Waals surface area contributed by atoms with Gasteiger partial charge >= 0.3 is 6.36 Å². The molecule has 1 aromatic carbocycles. The summed E-state index contributed by atoms with van der Waals surface area (Å²) >= 11 is 0. The van der Waals surface area contributed by atoms with Gasteiger partial charge in [0.05, 0.1) is 5.69 Å². The van der Waals surface area contributed by atoms with Crippen LogP contribution in [0.15, 0.2) is 42.9 Å². The second-order valence-electron chi connectivity index (χ2n) is 3.96. The van der Waals surface area contributed by atoms with Crippen molar-refractivity contribution >= 4 is 0 Å². The summed E-state index contributed by atoms with van der Waals surface area (Å²) in [5.41, 5.74) is 1.19. The first-order valence-electron chi connectivity index (χ1n) is 5.84. The Balaban J connectivity index is 1.96. The van der Waals surface area contributed by atoms with Crippen molar-refractivity contribution < 1.29 is 17.9 Å². The van der Waals surface area contributed by atoms with Crippen LogP contribution in [0.2, 0.25) is 0 Å². The Labute approximate surface area is 113 Å². The van der Waals surface area contributed by atoms with Gasteiger partial charge in [0.1, 0.15) is 12.1 Å². The molecule has 0 spiro atoms. The molecule has 0 unspecified atom stereocenters. The number of nitrogens with zero attached hydrogens (tertiary/aromatic N) is 2. The van der Waals surface area contributed by atoms with Crippen LogP contribution >= 0.6 is 0 Å². The van der Waals surface area contributed by atoms with Crippen LogP contribution in [0.3, 0.4) is 0 Å². The van der Waals surface area contributed by atoms with Gasteiger partial charge in [-0.3, -0.25) is 0 Å². The Bertz CT molecular complexity index is 546. The van der Waals surface area contributed by atoms with E-state index in [1.165, 1.54) is 18.5 Å². The van der Waals surface area contributed by atoms with Crippen molar-refractivity contribution in [3.63, 3.8) is 0 Å². The second kappa shape index (κ2) is 6.33. The SMILES string of the molecule is FC(F)(F)Oc1ccccc1CNCc1ccncn1. The number of para-hydroxylation sites is 1. The molecule has 0 bridgehead atoms. The van der Waals surface area contributed by atoms with Crippen LogP contribution in [0.5, 0.6) is 5.75 Å². The molecule has 0 saturated carbocycles. The van der Waals surface area contributed by atoms with Gasteiger partial charge in [0, 0.05) is 24.8 Å². The maximum Gasteiger partial charge on any atom is 0.573 e. The fraction of sp³-hybridized carbons (Fsp3) is 0.231. The van der Waals surface area contributed by atoms with E-state index in [1.54, 1.807) is 24.4 Å². The van der Waals surface area contributed by atoms with Gasteiger partial charge in [-0.25, -0.2) is 9.97 Å². The minimum atomic E-state index is -4.69. The lowest BCUT2D eigenvalue weighted by atomic mass is 10.2. The lowest BCUT2D eigenvalue weighted by Gasteiger charge is -2.13. The van der Waals surface area contributed by atoms with E-state index in [2.05, 4.69) is 20.0 Å². The summed E-state index contributed by atoms with van der Waals surface area (Å²) in [7, 11) is 0. The standard InChI is InChI=1S/C13H12F3N3O/c14-13(15,16)20-12-4-2-1-3-10(12)7-18-8-11-5-6-17-9-19-11/h1-6,9,18H,7-8H2. The summed E-state index contributed by atoms with van der Waals surface area (Å²) < 4.78 is 40.7. The molecule has 7 heteroatoms. The number of rotatable bonds is 5. The third-order valence-electron chi connectivity index (χ3n) is 2.46. The van der Waals surface area contributed by atoms with Crippen LogP contribution in [0, 0.1) is 0 Å². The molecule has 0 aliphatic rings. The number of hydrogen-bond acceptors (Lipinski definition) is 4. The molecule has 106 valence electrons. The van der Waals surface area contributed by atoms with E-state index in [1.807, 2.05) is 0 Å². The van der Waals surface area contributed by atoms with Gasteiger partial charge in [0.15, 0.2) is 0 Å². The number of nitrogens with one attached hydrogen (secondary N) is 1. The van der Waals surface area contributed by atoms with Crippen molar-refractivity contribution in [2.75, 3.05) is 0 Å². The third kappa shape index (κ3) is 4.51. The maximum atomic E-state index is 12.2. The minimum Gasteiger partial charge on any atom is -0.405 e. The molecule has 0 aliphatic heterocycles. The molecule has 2 aromatic rings. The van der Waals surface area contributed by atoms with Gasteiger partial charge in [-0.1, -0.05) is 18.2 Å². The average molecular weight is 283 g/mol. The third-order valence-corrected chi connectivity index (χ3v) is 2.46. The van der Waals surface area contributed by atoms with E-state index in [4.69, 9.17) is 0 Å². The molecule has 1 N–H and O–H groups in total. The van der Waals surface area contributed by atoms with E-state index < -0.39 is 6.36 Å². The quantitative estimate of drug-likeness (QED) is 0.916. The van der Waals surface area contributed by atoms with Gasteiger partial charge in [0.25, 0.3) is 0 Å². The van der Waals surface area contributed by atoms with Gasteiger partial charge in [-0.05, 0) is 12.1 Å². The highest BCUT2D eigenvalue weighted by atomic mass is 19.4. The summed E-state index contributed by atoms with van der Waals surface area (Å²) in [6, 6.07) is 7.74. The van der Waals surface area contributed by atoms with E-state index in [-0.39, 0.29) is 12.3 Å². The van der Waals surface area contributed by atoms with E-state index >= 15 is 0 Å². The van der Waals surface area contributed by atoms with Crippen molar-refractivity contribution in [3.05, 3.63) is 54.1 Å². The Hall–Kier alpha value is -2.15. The molecule has 1 heterocycles. The minimum absolute atomic E-state index is 0.199. The monoisotopic (exact) mass is 283 g/mol. The maximum absolute atomic E-state index is 12.2. The van der Waals surface area contributed by atoms with Crippen LogP contribution in [-0.2, 0) is 13.1 Å². The Morgan fingerprint density at radius 3 is 2.60 bits per heavy atom. The molecule has 1 aromatic heterocycles. The van der Waals surface area contributed by atoms with E-state index in [9.17, 15) is 13.2 Å². The molecule has 0 saturated heterocycles. The highest BCUT2D eigenvalue weighted by Crippen LogP contribution is 2.26. The molecular formula is C13H12F3N3O. The molecule has 0 amide bonds. The summed E-state index contributed by atoms with van der Waals surface area (Å²) in [5, 5.41) is 3.01. The second-order valence-corrected chi connectivity index (χ2v) is 3.96. The Morgan fingerprint density at radius 2 is 1.90 bits per heavy atom. The number of alkyl halides is 3. The topological polar surface area (TPSA) is 47.0 Å². The van der Waals surface area contributed by atoms with Crippen LogP contribution in [-0.4, -0.2) is 16.3 Å². The normalized spacial score (nSPS) is 11.3. The molecule has 2 rings (SSSR count). The lowest BCUT2D eigenvalue weighted by Crippen LogP contribution is -2.20. The molecule has 0 radical (unpaired) electrons. The van der Waals surface area contributed by atoms with Crippen molar-refractivity contribution in [1.29, 1.82) is 0 Å². The molecular weight excluding hydrogens is 271 g/mol. The smallest absolute Gasteiger partial charge is 0.405 e. The highest BCUT2D eigenvalue weighted by Gasteiger charge is 2.31. The zero-order chi connectivity index (χ0) is 14.4. The Morgan fingerprint density at radius 1 is 1.10 bits per heavy atom. The number of hydrogen-bond donors (Lipinski definition) is 1. The molecule has 0 fully saturated rings.